The van der Waals surface area contributed by atoms with Crippen molar-refractivity contribution in [2.45, 2.75) is 25.4 Å². The molecular formula is C19H18F3NO3. The molecular weight excluding hydrogens is 347 g/mol. The lowest BCUT2D eigenvalue weighted by atomic mass is 9.98. The van der Waals surface area contributed by atoms with Gasteiger partial charge in [-0.3, -0.25) is 9.59 Å². The third kappa shape index (κ3) is 5.34. The van der Waals surface area contributed by atoms with Crippen molar-refractivity contribution in [3.05, 3.63) is 59.7 Å². The van der Waals surface area contributed by atoms with Gasteiger partial charge in [-0.2, -0.15) is 13.2 Å². The molecule has 2 N–H and O–H groups in total. The summed E-state index contributed by atoms with van der Waals surface area (Å²) in [6.07, 6.45) is -3.39. The van der Waals surface area contributed by atoms with Gasteiger partial charge in [-0.25, -0.2) is 0 Å². The third-order valence-corrected chi connectivity index (χ3v) is 3.80. The van der Waals surface area contributed by atoms with Gasteiger partial charge in [0.05, 0.1) is 5.56 Å². The smallest absolute Gasteiger partial charge is 0.416 e. The van der Waals surface area contributed by atoms with Crippen molar-refractivity contribution in [3.8, 4) is 11.1 Å². The molecule has 0 heterocycles. The molecule has 0 radical (unpaired) electrons. The fraction of sp³-hybridized carbons (Fsp3) is 0.263. The number of rotatable bonds is 7. The van der Waals surface area contributed by atoms with E-state index >= 15 is 0 Å². The van der Waals surface area contributed by atoms with E-state index in [-0.39, 0.29) is 12.3 Å². The number of benzene rings is 2. The predicted octanol–water partition coefficient (Wildman–Crippen LogP) is 4.36. The molecule has 0 saturated heterocycles. The van der Waals surface area contributed by atoms with Crippen LogP contribution in [0.4, 0.5) is 13.2 Å². The molecule has 0 aliphatic heterocycles. The quantitative estimate of drug-likeness (QED) is 0.717. The van der Waals surface area contributed by atoms with Gasteiger partial charge in [-0.15, -0.1) is 0 Å². The average molecular weight is 365 g/mol. The van der Waals surface area contributed by atoms with E-state index in [0.29, 0.717) is 36.1 Å². The fourth-order valence-electron chi connectivity index (χ4n) is 2.47. The van der Waals surface area contributed by atoms with Gasteiger partial charge in [0.25, 0.3) is 5.91 Å². The highest BCUT2D eigenvalue weighted by Gasteiger charge is 2.30. The number of aliphatic carboxylic acids is 1. The maximum absolute atomic E-state index is 12.7. The molecule has 1 amide bonds. The molecule has 138 valence electrons. The van der Waals surface area contributed by atoms with Crippen molar-refractivity contribution in [1.82, 2.24) is 5.32 Å². The summed E-state index contributed by atoms with van der Waals surface area (Å²) in [6.45, 7) is 0.327. The Morgan fingerprint density at radius 2 is 1.62 bits per heavy atom. The molecule has 0 unspecified atom stereocenters. The van der Waals surface area contributed by atoms with E-state index in [9.17, 15) is 22.8 Å². The number of halogens is 3. The highest BCUT2D eigenvalue weighted by Crippen LogP contribution is 2.31. The van der Waals surface area contributed by atoms with Gasteiger partial charge in [-0.1, -0.05) is 30.3 Å². The minimum atomic E-state index is -4.41. The van der Waals surface area contributed by atoms with E-state index in [0.717, 1.165) is 12.1 Å². The fourth-order valence-corrected chi connectivity index (χ4v) is 2.47. The van der Waals surface area contributed by atoms with Gasteiger partial charge in [0.15, 0.2) is 0 Å². The molecule has 0 saturated carbocycles. The number of unbranched alkanes of at least 4 members (excludes halogenated alkanes) is 1. The van der Waals surface area contributed by atoms with Crippen LogP contribution in [0.5, 0.6) is 0 Å². The Kier molecular flexibility index (Phi) is 6.38. The van der Waals surface area contributed by atoms with Crippen LogP contribution in [-0.2, 0) is 11.0 Å². The van der Waals surface area contributed by atoms with E-state index in [4.69, 9.17) is 5.11 Å². The van der Waals surface area contributed by atoms with Crippen LogP contribution >= 0.6 is 0 Å². The minimum Gasteiger partial charge on any atom is -0.481 e. The Bertz CT molecular complexity index is 770. The molecule has 2 aromatic carbocycles. The summed E-state index contributed by atoms with van der Waals surface area (Å²) in [5.74, 6) is -1.24. The molecule has 0 aliphatic rings. The van der Waals surface area contributed by atoms with E-state index in [1.54, 1.807) is 24.3 Å². The molecule has 0 bridgehead atoms. The lowest BCUT2D eigenvalue weighted by Crippen LogP contribution is -2.25. The molecule has 0 atom stereocenters. The summed E-state index contributed by atoms with van der Waals surface area (Å²) in [5, 5.41) is 11.3. The van der Waals surface area contributed by atoms with Crippen LogP contribution in [0.3, 0.4) is 0 Å². The summed E-state index contributed by atoms with van der Waals surface area (Å²) >= 11 is 0. The van der Waals surface area contributed by atoms with Gasteiger partial charge in [0.1, 0.15) is 0 Å². The number of amides is 1. The summed E-state index contributed by atoms with van der Waals surface area (Å²) in [5.41, 5.74) is 0.644. The van der Waals surface area contributed by atoms with Crippen molar-refractivity contribution in [2.75, 3.05) is 6.54 Å². The van der Waals surface area contributed by atoms with E-state index in [1.165, 1.54) is 12.1 Å². The number of carboxylic acid groups (broad SMARTS) is 1. The number of nitrogens with one attached hydrogen (secondary N) is 1. The zero-order valence-electron chi connectivity index (χ0n) is 13.8. The number of hydrogen-bond donors (Lipinski definition) is 2. The summed E-state index contributed by atoms with van der Waals surface area (Å²) in [7, 11) is 0. The van der Waals surface area contributed by atoms with Crippen molar-refractivity contribution >= 4 is 11.9 Å². The number of hydrogen-bond acceptors (Lipinski definition) is 2. The van der Waals surface area contributed by atoms with Crippen molar-refractivity contribution < 1.29 is 27.9 Å². The first-order chi connectivity index (χ1) is 12.3. The predicted molar refractivity (Wildman–Crippen MR) is 90.7 cm³/mol. The van der Waals surface area contributed by atoms with Gasteiger partial charge >= 0.3 is 12.1 Å². The molecule has 2 rings (SSSR count). The van der Waals surface area contributed by atoms with Crippen LogP contribution in [0.1, 0.15) is 35.2 Å². The van der Waals surface area contributed by atoms with E-state index in [2.05, 4.69) is 5.32 Å². The van der Waals surface area contributed by atoms with Gasteiger partial charge < -0.3 is 10.4 Å². The second-order valence-electron chi connectivity index (χ2n) is 5.73. The van der Waals surface area contributed by atoms with E-state index in [1.807, 2.05) is 0 Å². The maximum atomic E-state index is 12.7. The number of carbonyl (C=O) groups excluding carboxylic acids is 1. The Morgan fingerprint density at radius 1 is 0.962 bits per heavy atom. The van der Waals surface area contributed by atoms with Crippen molar-refractivity contribution in [3.63, 3.8) is 0 Å². The molecule has 7 heteroatoms. The van der Waals surface area contributed by atoms with E-state index < -0.39 is 17.7 Å². The average Bonchev–Trinajstić information content (AvgIpc) is 2.60. The van der Waals surface area contributed by atoms with Gasteiger partial charge in [0, 0.05) is 18.5 Å². The molecule has 26 heavy (non-hydrogen) atoms. The lowest BCUT2D eigenvalue weighted by Gasteiger charge is -2.12. The molecule has 2 aromatic rings. The Labute approximate surface area is 148 Å². The highest BCUT2D eigenvalue weighted by atomic mass is 19.4. The Morgan fingerprint density at radius 3 is 2.23 bits per heavy atom. The van der Waals surface area contributed by atoms with Crippen LogP contribution in [0.25, 0.3) is 11.1 Å². The first kappa shape index (κ1) is 19.5. The largest absolute Gasteiger partial charge is 0.481 e. The zero-order valence-corrected chi connectivity index (χ0v) is 13.8. The second kappa shape index (κ2) is 8.51. The molecule has 4 nitrogen and oxygen atoms in total. The monoisotopic (exact) mass is 365 g/mol. The Hall–Kier alpha value is -2.83. The van der Waals surface area contributed by atoms with Crippen molar-refractivity contribution in [2.24, 2.45) is 0 Å². The summed E-state index contributed by atoms with van der Waals surface area (Å²) in [6, 6.07) is 11.3. The topological polar surface area (TPSA) is 66.4 Å². The number of carbonyl (C=O) groups is 2. The SMILES string of the molecule is O=C(O)CCCCNC(=O)c1ccccc1-c1ccc(C(F)(F)F)cc1. The molecule has 0 spiro atoms. The van der Waals surface area contributed by atoms with Crippen LogP contribution in [0.15, 0.2) is 48.5 Å². The standard InChI is InChI=1S/C19H18F3NO3/c20-19(21,22)14-10-8-13(9-11-14)15-5-1-2-6-16(15)18(26)23-12-4-3-7-17(24)25/h1-2,5-6,8-11H,3-4,7,12H2,(H,23,26)(H,24,25). The van der Waals surface area contributed by atoms with Gasteiger partial charge in [0.2, 0.25) is 0 Å². The maximum Gasteiger partial charge on any atom is 0.416 e. The highest BCUT2D eigenvalue weighted by molar-refractivity contribution is 6.00. The normalized spacial score (nSPS) is 11.2. The van der Waals surface area contributed by atoms with Crippen LogP contribution in [0.2, 0.25) is 0 Å². The number of carboxylic acids is 1. The van der Waals surface area contributed by atoms with Gasteiger partial charge in [-0.05, 0) is 42.2 Å². The second-order valence-corrected chi connectivity index (χ2v) is 5.73. The Balaban J connectivity index is 2.09. The third-order valence-electron chi connectivity index (χ3n) is 3.80. The summed E-state index contributed by atoms with van der Waals surface area (Å²) in [4.78, 5) is 22.8. The van der Waals surface area contributed by atoms with Crippen LogP contribution in [-0.4, -0.2) is 23.5 Å². The first-order valence-corrected chi connectivity index (χ1v) is 8.05. The van der Waals surface area contributed by atoms with Crippen molar-refractivity contribution in [1.29, 1.82) is 0 Å². The molecule has 0 aromatic heterocycles. The summed E-state index contributed by atoms with van der Waals surface area (Å²) < 4.78 is 38.0. The minimum absolute atomic E-state index is 0.0397. The van der Waals surface area contributed by atoms with Crippen LogP contribution in [0, 0.1) is 0 Å². The van der Waals surface area contributed by atoms with Crippen LogP contribution < -0.4 is 5.32 Å². The first-order valence-electron chi connectivity index (χ1n) is 8.05. The lowest BCUT2D eigenvalue weighted by molar-refractivity contribution is -0.138. The number of alkyl halides is 3. The molecule has 0 fully saturated rings. The zero-order chi connectivity index (χ0) is 19.2. The molecule has 0 aliphatic carbocycles.